The smallest absolute Gasteiger partial charge is 0.267 e. The van der Waals surface area contributed by atoms with E-state index in [9.17, 15) is 14.0 Å². The molecule has 0 aliphatic carbocycles. The molecule has 2 amide bonds. The maximum Gasteiger partial charge on any atom is 0.267 e. The van der Waals surface area contributed by atoms with Gasteiger partial charge < -0.3 is 16.0 Å². The number of anilines is 1. The molecule has 8 heteroatoms. The van der Waals surface area contributed by atoms with E-state index in [1.54, 1.807) is 0 Å². The quantitative estimate of drug-likeness (QED) is 0.606. The standard InChI is InChI=1S/C22H22FN5O2/c1-12-13(2)26-18-8-3-14(9-17(12)18)11-25-22(30)19-10-20(21(24)29)28(27-19)16-6-4-15(23)5-7-16/h3-9,20,26H,10-11H2,1-2H3,(H2,24,29)(H,25,30). The van der Waals surface area contributed by atoms with Crippen molar-refractivity contribution in [2.75, 3.05) is 5.01 Å². The van der Waals surface area contributed by atoms with E-state index in [0.717, 1.165) is 22.2 Å². The van der Waals surface area contributed by atoms with Gasteiger partial charge in [-0.05, 0) is 61.4 Å². The number of carbonyl (C=O) groups is 2. The molecule has 1 aliphatic heterocycles. The van der Waals surface area contributed by atoms with Crippen LogP contribution in [0.25, 0.3) is 10.9 Å². The van der Waals surface area contributed by atoms with Crippen LogP contribution in [0.3, 0.4) is 0 Å². The molecule has 0 radical (unpaired) electrons. The Morgan fingerprint density at radius 2 is 1.97 bits per heavy atom. The van der Waals surface area contributed by atoms with Crippen molar-refractivity contribution >= 4 is 34.1 Å². The minimum atomic E-state index is -0.793. The van der Waals surface area contributed by atoms with Crippen molar-refractivity contribution in [1.82, 2.24) is 10.3 Å². The van der Waals surface area contributed by atoms with Crippen LogP contribution in [0.4, 0.5) is 10.1 Å². The second-order valence-corrected chi connectivity index (χ2v) is 7.43. The van der Waals surface area contributed by atoms with Gasteiger partial charge in [-0.2, -0.15) is 5.10 Å². The topological polar surface area (TPSA) is 104 Å². The van der Waals surface area contributed by atoms with Crippen molar-refractivity contribution < 1.29 is 14.0 Å². The van der Waals surface area contributed by atoms with Crippen LogP contribution in [0.5, 0.6) is 0 Å². The van der Waals surface area contributed by atoms with Crippen LogP contribution in [0, 0.1) is 19.7 Å². The van der Waals surface area contributed by atoms with Gasteiger partial charge in [0.1, 0.15) is 17.6 Å². The molecule has 154 valence electrons. The fourth-order valence-electron chi connectivity index (χ4n) is 3.60. The zero-order chi connectivity index (χ0) is 21.4. The second kappa shape index (κ2) is 7.62. The molecule has 0 saturated carbocycles. The van der Waals surface area contributed by atoms with Crippen LogP contribution in [-0.2, 0) is 16.1 Å². The predicted molar refractivity (Wildman–Crippen MR) is 114 cm³/mol. The Balaban J connectivity index is 1.50. The summed E-state index contributed by atoms with van der Waals surface area (Å²) in [7, 11) is 0. The van der Waals surface area contributed by atoms with E-state index in [1.165, 1.54) is 34.8 Å². The highest BCUT2D eigenvalue weighted by atomic mass is 19.1. The lowest BCUT2D eigenvalue weighted by Crippen LogP contribution is -2.39. The molecule has 0 spiro atoms. The summed E-state index contributed by atoms with van der Waals surface area (Å²) in [6.45, 7) is 4.41. The minimum absolute atomic E-state index is 0.0910. The average Bonchev–Trinajstić information content (AvgIpc) is 3.29. The zero-order valence-corrected chi connectivity index (χ0v) is 16.7. The highest BCUT2D eigenvalue weighted by Crippen LogP contribution is 2.25. The number of hydrogen-bond acceptors (Lipinski definition) is 4. The van der Waals surface area contributed by atoms with E-state index in [4.69, 9.17) is 5.73 Å². The van der Waals surface area contributed by atoms with Crippen molar-refractivity contribution in [3.8, 4) is 0 Å². The van der Waals surface area contributed by atoms with Gasteiger partial charge in [-0.3, -0.25) is 14.6 Å². The zero-order valence-electron chi connectivity index (χ0n) is 16.7. The average molecular weight is 407 g/mol. The number of aromatic amines is 1. The van der Waals surface area contributed by atoms with Crippen LogP contribution in [0.15, 0.2) is 47.6 Å². The Hall–Kier alpha value is -3.68. The molecule has 1 aromatic heterocycles. The van der Waals surface area contributed by atoms with Crippen LogP contribution < -0.4 is 16.1 Å². The number of fused-ring (bicyclic) bond motifs is 1. The van der Waals surface area contributed by atoms with Crippen molar-refractivity contribution in [2.45, 2.75) is 32.9 Å². The normalized spacial score (nSPS) is 16.0. The minimum Gasteiger partial charge on any atom is -0.368 e. The first-order chi connectivity index (χ1) is 14.3. The third-order valence-corrected chi connectivity index (χ3v) is 5.42. The van der Waals surface area contributed by atoms with Crippen molar-refractivity contribution in [1.29, 1.82) is 0 Å². The first-order valence-corrected chi connectivity index (χ1v) is 9.61. The Morgan fingerprint density at radius 1 is 1.23 bits per heavy atom. The fourth-order valence-corrected chi connectivity index (χ4v) is 3.60. The van der Waals surface area contributed by atoms with Crippen LogP contribution in [-0.4, -0.2) is 28.6 Å². The molecule has 0 saturated heterocycles. The molecule has 30 heavy (non-hydrogen) atoms. The number of carbonyl (C=O) groups excluding carboxylic acids is 2. The number of hydrazone groups is 1. The molecule has 4 rings (SSSR count). The summed E-state index contributed by atoms with van der Waals surface area (Å²) >= 11 is 0. The summed E-state index contributed by atoms with van der Waals surface area (Å²) in [5.74, 6) is -1.37. The van der Waals surface area contributed by atoms with Gasteiger partial charge >= 0.3 is 0 Å². The molecule has 2 heterocycles. The number of nitrogens with one attached hydrogen (secondary N) is 2. The van der Waals surface area contributed by atoms with E-state index in [-0.39, 0.29) is 18.0 Å². The summed E-state index contributed by atoms with van der Waals surface area (Å²) in [5, 5.41) is 9.62. The van der Waals surface area contributed by atoms with E-state index in [0.29, 0.717) is 12.2 Å². The number of amides is 2. The number of hydrogen-bond donors (Lipinski definition) is 3. The molecule has 3 aromatic rings. The van der Waals surface area contributed by atoms with E-state index >= 15 is 0 Å². The molecular formula is C22H22FN5O2. The lowest BCUT2D eigenvalue weighted by atomic mass is 10.1. The number of nitrogens with two attached hydrogens (primary N) is 1. The summed E-state index contributed by atoms with van der Waals surface area (Å²) in [4.78, 5) is 27.8. The first kappa shape index (κ1) is 19.6. The SMILES string of the molecule is Cc1[nH]c2ccc(CNC(=O)C3=NN(c4ccc(F)cc4)C(C(N)=O)C3)cc2c1C. The largest absolute Gasteiger partial charge is 0.368 e. The number of aryl methyl sites for hydroxylation is 2. The molecule has 0 bridgehead atoms. The van der Waals surface area contributed by atoms with E-state index < -0.39 is 17.8 Å². The number of primary amides is 1. The van der Waals surface area contributed by atoms with E-state index in [2.05, 4.69) is 22.3 Å². The third kappa shape index (κ3) is 3.63. The van der Waals surface area contributed by atoms with Gasteiger partial charge in [-0.25, -0.2) is 4.39 Å². The van der Waals surface area contributed by atoms with Crippen molar-refractivity contribution in [3.05, 3.63) is 65.1 Å². The Bertz CT molecular complexity index is 1170. The number of H-pyrrole nitrogens is 1. The monoisotopic (exact) mass is 407 g/mol. The molecule has 1 aliphatic rings. The molecule has 1 atom stereocenters. The van der Waals surface area contributed by atoms with Gasteiger partial charge in [0, 0.05) is 29.6 Å². The van der Waals surface area contributed by atoms with Crippen molar-refractivity contribution in [2.24, 2.45) is 10.8 Å². The summed E-state index contributed by atoms with van der Waals surface area (Å²) in [6.07, 6.45) is 0.0910. The lowest BCUT2D eigenvalue weighted by molar-refractivity contribution is -0.119. The summed E-state index contributed by atoms with van der Waals surface area (Å²) in [5.41, 5.74) is 10.5. The number of rotatable bonds is 5. The molecule has 4 N–H and O–H groups in total. The Kier molecular flexibility index (Phi) is 4.99. The Morgan fingerprint density at radius 3 is 2.67 bits per heavy atom. The molecule has 7 nitrogen and oxygen atoms in total. The second-order valence-electron chi connectivity index (χ2n) is 7.43. The van der Waals surface area contributed by atoms with Gasteiger partial charge in [0.05, 0.1) is 5.69 Å². The Labute approximate surface area is 172 Å². The molecular weight excluding hydrogens is 385 g/mol. The molecule has 1 unspecified atom stereocenters. The number of halogens is 1. The fraction of sp³-hybridized carbons (Fsp3) is 0.227. The highest BCUT2D eigenvalue weighted by molar-refractivity contribution is 6.40. The first-order valence-electron chi connectivity index (χ1n) is 9.61. The summed E-state index contributed by atoms with van der Waals surface area (Å²) < 4.78 is 13.2. The molecule has 2 aromatic carbocycles. The number of benzene rings is 2. The van der Waals surface area contributed by atoms with Crippen LogP contribution >= 0.6 is 0 Å². The third-order valence-electron chi connectivity index (χ3n) is 5.42. The summed E-state index contributed by atoms with van der Waals surface area (Å²) in [6, 6.07) is 10.7. The van der Waals surface area contributed by atoms with Crippen LogP contribution in [0.2, 0.25) is 0 Å². The van der Waals surface area contributed by atoms with Gasteiger partial charge in [-0.1, -0.05) is 6.07 Å². The highest BCUT2D eigenvalue weighted by Gasteiger charge is 2.34. The van der Waals surface area contributed by atoms with Crippen molar-refractivity contribution in [3.63, 3.8) is 0 Å². The van der Waals surface area contributed by atoms with Gasteiger partial charge in [-0.15, -0.1) is 0 Å². The number of nitrogens with zero attached hydrogens (tertiary/aromatic N) is 2. The number of aromatic nitrogens is 1. The van der Waals surface area contributed by atoms with Gasteiger partial charge in [0.15, 0.2) is 0 Å². The lowest BCUT2D eigenvalue weighted by Gasteiger charge is -2.20. The van der Waals surface area contributed by atoms with Gasteiger partial charge in [0.25, 0.3) is 5.91 Å². The maximum atomic E-state index is 13.2. The molecule has 0 fully saturated rings. The van der Waals surface area contributed by atoms with Crippen LogP contribution in [0.1, 0.15) is 23.2 Å². The van der Waals surface area contributed by atoms with Gasteiger partial charge in [0.2, 0.25) is 5.91 Å². The predicted octanol–water partition coefficient (Wildman–Crippen LogP) is 2.66. The van der Waals surface area contributed by atoms with E-state index in [1.807, 2.05) is 25.1 Å². The maximum absolute atomic E-state index is 13.2.